The van der Waals surface area contributed by atoms with Gasteiger partial charge in [0.15, 0.2) is 0 Å². The first-order chi connectivity index (χ1) is 43.8. The third kappa shape index (κ3) is 25.6. The standard InChI is InChI=1S/C15H18ClNS.C14H17ClN2S.C14H18ClNOS.C14H16ClNS.C11H13ClS.C4H6O4/c1-15(2,10-17)18-14-12-7-5-3-4-6-11(12)8-9-13(14)16;1-14(2,9-16)18-13-11-6-8-17-7-5-10(11)3-4-12(13)15;1-16(2)14(17)18-13-11-7-5-3-4-6-10(11)8-9-12(13)15;1-10(9-16)17-14-12-6-4-2-3-5-11(12)7-8-13(14)15;12-10-7-6-8-4-2-1-3-5-9(8)11(10)13;5-3(6)1-2-4(7)8/h8-9H,3-7H2,1-2H3;3-4,17H,5-8H2,1-2H3;8-9H,3-7H2,1-2H3;7-8,10H,2-6H2,1H3;6-7,13H,1-5H2;1-2H2,(H,5,6)(H,7,8). The van der Waals surface area contributed by atoms with Crippen LogP contribution in [0.5, 0.6) is 0 Å². The number of fused-ring (bicyclic) bond motifs is 5. The van der Waals surface area contributed by atoms with Crippen molar-refractivity contribution in [1.82, 2.24) is 10.2 Å². The summed E-state index contributed by atoms with van der Waals surface area (Å²) in [4.78, 5) is 38.1. The van der Waals surface area contributed by atoms with Crippen molar-refractivity contribution in [1.29, 1.82) is 15.8 Å². The Morgan fingerprint density at radius 2 is 0.826 bits per heavy atom. The highest BCUT2D eigenvalue weighted by molar-refractivity contribution is 8.13. The number of aliphatic carboxylic acids is 2. The van der Waals surface area contributed by atoms with Gasteiger partial charge in [-0.15, -0.1) is 47.9 Å². The first kappa shape index (κ1) is 78.8. The summed E-state index contributed by atoms with van der Waals surface area (Å²) in [5.41, 5.74) is 13.8. The van der Waals surface area contributed by atoms with Gasteiger partial charge in [-0.3, -0.25) is 14.4 Å². The number of nitriles is 3. The summed E-state index contributed by atoms with van der Waals surface area (Å²) in [5.74, 6) is -2.15. The van der Waals surface area contributed by atoms with E-state index in [9.17, 15) is 24.9 Å². The van der Waals surface area contributed by atoms with E-state index >= 15 is 0 Å². The van der Waals surface area contributed by atoms with Gasteiger partial charge >= 0.3 is 11.9 Å². The maximum atomic E-state index is 11.9. The van der Waals surface area contributed by atoms with Gasteiger partial charge in [-0.2, -0.15) is 15.8 Å². The molecule has 1 unspecified atom stereocenters. The van der Waals surface area contributed by atoms with Gasteiger partial charge in [-0.1, -0.05) is 114 Å². The molecule has 3 N–H and O–H groups in total. The highest BCUT2D eigenvalue weighted by atomic mass is 35.5. The van der Waals surface area contributed by atoms with Gasteiger partial charge in [0.1, 0.15) is 9.49 Å². The summed E-state index contributed by atoms with van der Waals surface area (Å²) in [6, 6.07) is 27.5. The Morgan fingerprint density at radius 3 is 1.23 bits per heavy atom. The van der Waals surface area contributed by atoms with Crippen molar-refractivity contribution in [3.8, 4) is 18.2 Å². The average Bonchev–Trinajstić information content (AvgIpc) is 1.54. The lowest BCUT2D eigenvalue weighted by Crippen LogP contribution is -2.16. The van der Waals surface area contributed by atoms with Crippen molar-refractivity contribution in [2.75, 3.05) is 27.2 Å². The Labute approximate surface area is 595 Å². The van der Waals surface area contributed by atoms with Crippen LogP contribution in [0.15, 0.2) is 85.1 Å². The van der Waals surface area contributed by atoms with E-state index < -0.39 is 21.4 Å². The Balaban J connectivity index is 0.000000203. The van der Waals surface area contributed by atoms with E-state index in [4.69, 9.17) is 73.5 Å². The fraction of sp³-hybridized carbons (Fsp3) is 0.500. The average molecular weight is 1440 g/mol. The lowest BCUT2D eigenvalue weighted by molar-refractivity contribution is -0.143. The molecular weight excluding hydrogens is 1350 g/mol. The van der Waals surface area contributed by atoms with Gasteiger partial charge in [-0.05, 0) is 261 Å². The Kier molecular flexibility index (Phi) is 34.3. The monoisotopic (exact) mass is 1440 g/mol. The fourth-order valence-electron chi connectivity index (χ4n) is 11.1. The van der Waals surface area contributed by atoms with Gasteiger partial charge in [0.2, 0.25) is 0 Å². The summed E-state index contributed by atoms with van der Waals surface area (Å²) in [5, 5.41) is 50.4. The van der Waals surface area contributed by atoms with Gasteiger partial charge in [0, 0.05) is 38.6 Å². The largest absolute Gasteiger partial charge is 0.481 e. The van der Waals surface area contributed by atoms with E-state index in [1.165, 1.54) is 151 Å². The third-order valence-electron chi connectivity index (χ3n) is 16.0. The first-order valence-electron chi connectivity index (χ1n) is 31.8. The molecule has 4 aliphatic carbocycles. The molecule has 496 valence electrons. The first-order valence-corrected chi connectivity index (χ1v) is 37.5. The van der Waals surface area contributed by atoms with E-state index in [0.717, 1.165) is 115 Å². The highest BCUT2D eigenvalue weighted by Gasteiger charge is 2.27. The second-order valence-corrected chi connectivity index (χ2v) is 32.5. The number of nitrogens with one attached hydrogen (secondary N) is 1. The van der Waals surface area contributed by atoms with Crippen LogP contribution in [-0.4, -0.2) is 74.2 Å². The van der Waals surface area contributed by atoms with Crippen molar-refractivity contribution in [3.63, 3.8) is 0 Å². The quantitative estimate of drug-likeness (QED) is 0.0590. The van der Waals surface area contributed by atoms with Gasteiger partial charge in [0.25, 0.3) is 5.24 Å². The van der Waals surface area contributed by atoms with Crippen LogP contribution in [0.3, 0.4) is 0 Å². The Morgan fingerprint density at radius 1 is 0.500 bits per heavy atom. The molecule has 92 heavy (non-hydrogen) atoms. The number of halogens is 5. The number of rotatable bonds is 10. The number of carbonyl (C=O) groups is 3. The molecule has 5 aromatic rings. The minimum absolute atomic E-state index is 0.0366. The number of amides is 1. The minimum atomic E-state index is -1.08. The van der Waals surface area contributed by atoms with E-state index in [2.05, 4.69) is 66.5 Å². The van der Waals surface area contributed by atoms with Crippen LogP contribution < -0.4 is 5.32 Å². The van der Waals surface area contributed by atoms with Gasteiger partial charge in [0.05, 0.1) is 61.4 Å². The molecule has 20 heteroatoms. The molecule has 0 fully saturated rings. The van der Waals surface area contributed by atoms with E-state index in [1.807, 2.05) is 65.0 Å². The zero-order valence-electron chi connectivity index (χ0n) is 54.1. The van der Waals surface area contributed by atoms with Crippen molar-refractivity contribution in [2.24, 2.45) is 0 Å². The SMILES string of the molecule is CC(C#N)Sc1c(Cl)ccc2c1CCCCC2.CC(C)(C#N)Sc1c(Cl)ccc2c1CCCCC2.CC(C)(C#N)Sc1c(Cl)ccc2c1CCNCC2.CN(C)C(=O)Sc1c(Cl)ccc2c1CCCCC2.O=C(O)CCC(=O)O.Sc1c(Cl)ccc2c1CCCCC2. The smallest absolute Gasteiger partial charge is 0.303 e. The summed E-state index contributed by atoms with van der Waals surface area (Å²) in [6.07, 6.45) is 25.6. The van der Waals surface area contributed by atoms with E-state index in [0.29, 0.717) is 5.02 Å². The molecule has 0 bridgehead atoms. The zero-order valence-corrected chi connectivity index (χ0v) is 62.1. The van der Waals surface area contributed by atoms with Crippen molar-refractivity contribution >= 4 is 135 Å². The molecule has 0 aromatic heterocycles. The van der Waals surface area contributed by atoms with Gasteiger partial charge in [-0.25, -0.2) is 0 Å². The molecule has 10 rings (SSSR count). The number of aryl methyl sites for hydroxylation is 4. The maximum absolute atomic E-state index is 11.9. The van der Waals surface area contributed by atoms with Crippen LogP contribution >= 0.6 is 118 Å². The number of carboxylic acids is 2. The Hall–Kier alpha value is -3.86. The molecule has 1 heterocycles. The molecular formula is C72H88Cl5N5O5S5. The molecule has 0 saturated heterocycles. The molecule has 10 nitrogen and oxygen atoms in total. The molecule has 0 spiro atoms. The highest BCUT2D eigenvalue weighted by Crippen LogP contribution is 2.44. The number of thiol groups is 1. The zero-order chi connectivity index (χ0) is 67.5. The lowest BCUT2D eigenvalue weighted by Gasteiger charge is -2.20. The minimum Gasteiger partial charge on any atom is -0.481 e. The normalized spacial score (nSPS) is 15.2. The predicted octanol–water partition coefficient (Wildman–Crippen LogP) is 21.3. The van der Waals surface area contributed by atoms with Crippen LogP contribution in [-0.2, 0) is 73.8 Å². The molecule has 1 amide bonds. The van der Waals surface area contributed by atoms with Crippen LogP contribution in [0.2, 0.25) is 25.1 Å². The third-order valence-corrected chi connectivity index (χ3v) is 23.6. The molecule has 5 aromatic carbocycles. The van der Waals surface area contributed by atoms with Crippen molar-refractivity contribution in [2.45, 2.75) is 228 Å². The van der Waals surface area contributed by atoms with Crippen LogP contribution in [0.4, 0.5) is 4.79 Å². The van der Waals surface area contributed by atoms with Crippen LogP contribution in [0.1, 0.15) is 180 Å². The molecule has 0 radical (unpaired) electrons. The topological polar surface area (TPSA) is 178 Å². The van der Waals surface area contributed by atoms with Crippen LogP contribution in [0.25, 0.3) is 0 Å². The van der Waals surface area contributed by atoms with Crippen molar-refractivity contribution < 1.29 is 24.6 Å². The number of benzene rings is 5. The predicted molar refractivity (Wildman–Crippen MR) is 391 cm³/mol. The van der Waals surface area contributed by atoms with Crippen molar-refractivity contribution in [3.05, 3.63) is 141 Å². The summed E-state index contributed by atoms with van der Waals surface area (Å²) in [6.45, 7) is 11.7. The lowest BCUT2D eigenvalue weighted by atomic mass is 10.0. The number of carboxylic acid groups (broad SMARTS) is 2. The summed E-state index contributed by atoms with van der Waals surface area (Å²) < 4.78 is -0.871. The van der Waals surface area contributed by atoms with Crippen LogP contribution in [0, 0.1) is 34.0 Å². The molecule has 1 atom stereocenters. The number of hydrogen-bond donors (Lipinski definition) is 4. The number of nitrogens with zero attached hydrogens (tertiary/aromatic N) is 4. The van der Waals surface area contributed by atoms with Gasteiger partial charge < -0.3 is 20.4 Å². The number of hydrogen-bond acceptors (Lipinski definition) is 12. The number of thioether (sulfide) groups is 4. The molecule has 5 aliphatic rings. The Bertz CT molecular complexity index is 3350. The number of carbonyl (C=O) groups excluding carboxylic acids is 1. The maximum Gasteiger partial charge on any atom is 0.303 e. The second kappa shape index (κ2) is 40.0. The summed E-state index contributed by atoms with van der Waals surface area (Å²) in [7, 11) is 3.54. The van der Waals surface area contributed by atoms with E-state index in [1.54, 1.807) is 54.3 Å². The fourth-order valence-corrected chi connectivity index (χ4v) is 16.8. The summed E-state index contributed by atoms with van der Waals surface area (Å²) >= 11 is 41.8. The molecule has 0 saturated carbocycles. The molecule has 1 aliphatic heterocycles. The second-order valence-electron chi connectivity index (χ2n) is 24.5. The van der Waals surface area contributed by atoms with E-state index in [-0.39, 0.29) is 23.3 Å².